The van der Waals surface area contributed by atoms with Gasteiger partial charge in [0.2, 0.25) is 5.91 Å². The minimum absolute atomic E-state index is 0.0803. The van der Waals surface area contributed by atoms with Crippen LogP contribution in [0.4, 0.5) is 0 Å². The van der Waals surface area contributed by atoms with Crippen LogP contribution < -0.4 is 16.8 Å². The highest BCUT2D eigenvalue weighted by Crippen LogP contribution is 2.51. The second-order valence-electron chi connectivity index (χ2n) is 10.5. The lowest BCUT2D eigenvalue weighted by molar-refractivity contribution is -0.131. The summed E-state index contributed by atoms with van der Waals surface area (Å²) >= 11 is 2.70. The molecule has 1 saturated heterocycles. The van der Waals surface area contributed by atoms with Crippen molar-refractivity contribution in [1.29, 1.82) is 5.26 Å². The van der Waals surface area contributed by atoms with E-state index in [-0.39, 0.29) is 30.6 Å². The first kappa shape index (κ1) is 25.6. The molecule has 0 radical (unpaired) electrons. The number of rotatable bonds is 8. The fourth-order valence-corrected chi connectivity index (χ4v) is 8.46. The molecule has 1 saturated carbocycles. The molecule has 6 N–H and O–H groups in total. The van der Waals surface area contributed by atoms with Gasteiger partial charge in [0, 0.05) is 21.8 Å². The Morgan fingerprint density at radius 1 is 1.18 bits per heavy atom. The fraction of sp³-hybridized carbons (Fsp3) is 0.480. The molecule has 3 amide bonds. The van der Waals surface area contributed by atoms with Crippen LogP contribution in [-0.2, 0) is 23.1 Å². The monoisotopic (exact) mass is 565 g/mol. The summed E-state index contributed by atoms with van der Waals surface area (Å²) in [5.74, 6) is -0.305. The Labute approximate surface area is 231 Å². The number of primary amides is 2. The van der Waals surface area contributed by atoms with Crippen molar-refractivity contribution in [3.05, 3.63) is 48.6 Å². The van der Waals surface area contributed by atoms with Crippen LogP contribution in [0.5, 0.6) is 0 Å². The molecule has 14 heteroatoms. The number of carbonyl (C=O) groups is 3. The van der Waals surface area contributed by atoms with E-state index in [9.17, 15) is 19.6 Å². The van der Waals surface area contributed by atoms with Crippen molar-refractivity contribution in [2.45, 2.75) is 62.6 Å². The Balaban J connectivity index is 1.38. The smallest absolute Gasteiger partial charge is 0.258 e. The second kappa shape index (κ2) is 9.51. The molecule has 202 valence electrons. The fourth-order valence-electron chi connectivity index (χ4n) is 6.28. The number of nitriles is 1. The highest BCUT2D eigenvalue weighted by atomic mass is 32.1. The van der Waals surface area contributed by atoms with Gasteiger partial charge in [0.05, 0.1) is 27.8 Å². The number of piperidine rings is 1. The number of thiophene rings is 2. The van der Waals surface area contributed by atoms with Crippen molar-refractivity contribution < 1.29 is 14.4 Å². The molecule has 0 bridgehead atoms. The van der Waals surface area contributed by atoms with E-state index in [1.807, 2.05) is 6.92 Å². The highest BCUT2D eigenvalue weighted by Gasteiger charge is 2.54. The van der Waals surface area contributed by atoms with Crippen LogP contribution in [0.2, 0.25) is 0 Å². The zero-order valence-corrected chi connectivity index (χ0v) is 22.8. The number of nitrogens with one attached hydrogen (secondary N) is 2. The molecule has 0 unspecified atom stereocenters. The zero-order chi connectivity index (χ0) is 27.5. The van der Waals surface area contributed by atoms with E-state index >= 15 is 0 Å². The van der Waals surface area contributed by atoms with Crippen LogP contribution in [0.15, 0.2) is 12.1 Å². The van der Waals surface area contributed by atoms with Gasteiger partial charge in [0.25, 0.3) is 11.8 Å². The van der Waals surface area contributed by atoms with Crippen LogP contribution in [0.1, 0.15) is 72.2 Å². The van der Waals surface area contributed by atoms with Crippen molar-refractivity contribution in [3.63, 3.8) is 0 Å². The zero-order valence-electron chi connectivity index (χ0n) is 21.1. The first-order chi connectivity index (χ1) is 18.7. The number of carbonyl (C=O) groups excluding carboxylic acids is 3. The van der Waals surface area contributed by atoms with Gasteiger partial charge in [-0.1, -0.05) is 5.21 Å². The summed E-state index contributed by atoms with van der Waals surface area (Å²) in [5.41, 5.74) is 12.0. The number of hydrogen-bond acceptors (Lipinski definition) is 10. The molecule has 2 aliphatic carbocycles. The lowest BCUT2D eigenvalue weighted by Crippen LogP contribution is -2.46. The van der Waals surface area contributed by atoms with Crippen molar-refractivity contribution in [1.82, 2.24) is 30.8 Å². The molecule has 0 aromatic carbocycles. The molecule has 12 nitrogen and oxygen atoms in total. The highest BCUT2D eigenvalue weighted by molar-refractivity contribution is 7.15. The van der Waals surface area contributed by atoms with Crippen molar-refractivity contribution in [2.75, 3.05) is 6.54 Å². The van der Waals surface area contributed by atoms with Gasteiger partial charge >= 0.3 is 0 Å². The molecule has 3 aliphatic rings. The maximum absolute atomic E-state index is 13.1. The van der Waals surface area contributed by atoms with Gasteiger partial charge in [-0.2, -0.15) is 10.5 Å². The quantitative estimate of drug-likeness (QED) is 0.308. The Kier molecular flexibility index (Phi) is 6.24. The predicted molar refractivity (Wildman–Crippen MR) is 142 cm³/mol. The van der Waals surface area contributed by atoms with E-state index in [0.29, 0.717) is 40.8 Å². The summed E-state index contributed by atoms with van der Waals surface area (Å²) in [6.07, 6.45) is 3.40. The standard InChI is InChI=1S/C25H27N9O3S2/c1-11(29-10-21(35)34-13(9-26)4-12-5-16(12)34)8-25(24-30-32-33-31-24)14-6-19(22(27)36)38-17(14)2-3-18-15(25)7-20(39-18)23(28)37/h6-7,11-13,16,29H,2-5,8,10H2,1H3,(H2,27,36)(H2,28,37)(H,30,31,32,33)/t11-,12-,13+,16+/m1/s1. The normalized spacial score (nSPS) is 23.2. The van der Waals surface area contributed by atoms with Gasteiger partial charge < -0.3 is 21.7 Å². The molecule has 2 fully saturated rings. The molecule has 39 heavy (non-hydrogen) atoms. The molecule has 0 spiro atoms. The van der Waals surface area contributed by atoms with E-state index in [4.69, 9.17) is 11.5 Å². The summed E-state index contributed by atoms with van der Waals surface area (Å²) in [5, 5.41) is 28.1. The van der Waals surface area contributed by atoms with E-state index in [1.165, 1.54) is 22.7 Å². The van der Waals surface area contributed by atoms with Crippen LogP contribution in [-0.4, -0.2) is 67.9 Å². The van der Waals surface area contributed by atoms with E-state index in [1.54, 1.807) is 17.0 Å². The third kappa shape index (κ3) is 4.21. The van der Waals surface area contributed by atoms with Gasteiger partial charge in [-0.25, -0.2) is 0 Å². The first-order valence-electron chi connectivity index (χ1n) is 12.8. The molecule has 3 aromatic heterocycles. The topological polar surface area (TPSA) is 197 Å². The minimum atomic E-state index is -0.984. The molecular weight excluding hydrogens is 538 g/mol. The summed E-state index contributed by atoms with van der Waals surface area (Å²) in [4.78, 5) is 42.1. The molecule has 4 heterocycles. The van der Waals surface area contributed by atoms with Crippen molar-refractivity contribution in [3.8, 4) is 6.07 Å². The summed E-state index contributed by atoms with van der Waals surface area (Å²) in [6.45, 7) is 2.05. The Hall–Kier alpha value is -3.67. The lowest BCUT2D eigenvalue weighted by Gasteiger charge is -2.34. The molecule has 6 rings (SSSR count). The van der Waals surface area contributed by atoms with Crippen molar-refractivity contribution >= 4 is 40.4 Å². The average molecular weight is 566 g/mol. The van der Waals surface area contributed by atoms with E-state index < -0.39 is 17.2 Å². The minimum Gasteiger partial charge on any atom is -0.365 e. The second-order valence-corrected chi connectivity index (χ2v) is 12.8. The predicted octanol–water partition coefficient (Wildman–Crippen LogP) is 0.835. The van der Waals surface area contributed by atoms with Crippen molar-refractivity contribution in [2.24, 2.45) is 17.4 Å². The lowest BCUT2D eigenvalue weighted by atomic mass is 9.70. The van der Waals surface area contributed by atoms with Crippen LogP contribution in [0, 0.1) is 17.2 Å². The number of nitrogens with zero attached hydrogens (tertiary/aromatic N) is 5. The van der Waals surface area contributed by atoms with Gasteiger partial charge in [-0.3, -0.25) is 14.4 Å². The number of aromatic nitrogens is 4. The van der Waals surface area contributed by atoms with Crippen LogP contribution in [0.25, 0.3) is 0 Å². The largest absolute Gasteiger partial charge is 0.365 e. The summed E-state index contributed by atoms with van der Waals surface area (Å²) < 4.78 is 0. The number of likely N-dealkylation sites (tertiary alicyclic amines) is 1. The maximum atomic E-state index is 13.1. The number of fused-ring (bicyclic) bond motifs is 3. The summed E-state index contributed by atoms with van der Waals surface area (Å²) in [7, 11) is 0. The number of amides is 3. The number of aromatic amines is 1. The van der Waals surface area contributed by atoms with E-state index in [2.05, 4.69) is 32.0 Å². The molecular formula is C25H27N9O3S2. The SMILES string of the molecule is C[C@H](CC1(c2nn[nH]n2)c2cc(C(N)=O)sc2CCc2sc(C(N)=O)cc21)NCC(=O)N1[C@H](C#N)C[C@@H]2C[C@@H]21. The van der Waals surface area contributed by atoms with Crippen LogP contribution >= 0.6 is 22.7 Å². The Morgan fingerprint density at radius 2 is 1.82 bits per heavy atom. The first-order valence-corrected chi connectivity index (χ1v) is 14.4. The molecule has 3 aromatic rings. The number of tetrazole rings is 1. The molecule has 4 atom stereocenters. The number of aryl methyl sites for hydroxylation is 2. The Bertz CT molecular complexity index is 1440. The van der Waals surface area contributed by atoms with Gasteiger partial charge in [0.15, 0.2) is 5.82 Å². The summed E-state index contributed by atoms with van der Waals surface area (Å²) in [6, 6.07) is 5.42. The number of hydrogen-bond donors (Lipinski definition) is 4. The van der Waals surface area contributed by atoms with Gasteiger partial charge in [-0.15, -0.1) is 32.9 Å². The maximum Gasteiger partial charge on any atom is 0.258 e. The van der Waals surface area contributed by atoms with E-state index in [0.717, 1.165) is 33.7 Å². The number of nitrogens with two attached hydrogens (primary N) is 2. The van der Waals surface area contributed by atoms with Gasteiger partial charge in [0.1, 0.15) is 6.04 Å². The third-order valence-electron chi connectivity index (χ3n) is 8.08. The molecule has 1 aliphatic heterocycles. The Morgan fingerprint density at radius 3 is 2.36 bits per heavy atom. The third-order valence-corrected chi connectivity index (χ3v) is 10.5. The number of H-pyrrole nitrogens is 1. The van der Waals surface area contributed by atoms with Gasteiger partial charge in [-0.05, 0) is 68.2 Å². The van der Waals surface area contributed by atoms with Crippen LogP contribution in [0.3, 0.4) is 0 Å². The average Bonchev–Trinajstić information content (AvgIpc) is 3.42.